The van der Waals surface area contributed by atoms with Crippen LogP contribution in [-0.4, -0.2) is 10.8 Å². The fourth-order valence-electron chi connectivity index (χ4n) is 3.17. The van der Waals surface area contributed by atoms with E-state index in [9.17, 15) is 0 Å². The molecule has 0 radical (unpaired) electrons. The van der Waals surface area contributed by atoms with E-state index in [-0.39, 0.29) is 0 Å². The van der Waals surface area contributed by atoms with Gasteiger partial charge >= 0.3 is 0 Å². The molecule has 0 bridgehead atoms. The molecule has 0 spiro atoms. The molecule has 1 aromatic heterocycles. The summed E-state index contributed by atoms with van der Waals surface area (Å²) < 4.78 is 2.32. The lowest BCUT2D eigenvalue weighted by Gasteiger charge is -2.14. The average Bonchev–Trinajstić information content (AvgIpc) is 3.07. The third-order valence-corrected chi connectivity index (χ3v) is 4.48. The number of rotatable bonds is 2. The van der Waals surface area contributed by atoms with Gasteiger partial charge in [0, 0.05) is 28.0 Å². The zero-order chi connectivity index (χ0) is 15.3. The maximum absolute atomic E-state index is 6.20. The van der Waals surface area contributed by atoms with Crippen molar-refractivity contribution in [3.63, 3.8) is 0 Å². The highest BCUT2D eigenvalue weighted by molar-refractivity contribution is 6.30. The molecule has 0 saturated carbocycles. The third-order valence-electron chi connectivity index (χ3n) is 4.24. The topological polar surface area (TPSA) is 17.3 Å². The molecule has 2 heterocycles. The van der Waals surface area contributed by atoms with Gasteiger partial charge in [0.2, 0.25) is 0 Å². The predicted molar refractivity (Wildman–Crippen MR) is 93.7 cm³/mol. The van der Waals surface area contributed by atoms with Gasteiger partial charge in [-0.25, -0.2) is 0 Å². The highest BCUT2D eigenvalue weighted by Crippen LogP contribution is 2.32. The lowest BCUT2D eigenvalue weighted by atomic mass is 10.1. The standard InChI is InChI=1S/C19H17ClN2/c1-12(2)18-7-13-6-14-10-21-11-15(14)8-19(13)22(18)17-5-3-4-16(20)9-17/h3-9,11-12H,10H2,1-2H3. The van der Waals surface area contributed by atoms with Crippen LogP contribution in [0.2, 0.25) is 5.02 Å². The first-order valence-corrected chi connectivity index (χ1v) is 7.95. The van der Waals surface area contributed by atoms with Gasteiger partial charge in [0.05, 0.1) is 12.1 Å². The Labute approximate surface area is 135 Å². The van der Waals surface area contributed by atoms with E-state index in [0.29, 0.717) is 5.92 Å². The smallest absolute Gasteiger partial charge is 0.0646 e. The van der Waals surface area contributed by atoms with Gasteiger partial charge in [-0.2, -0.15) is 0 Å². The molecule has 2 aromatic carbocycles. The maximum atomic E-state index is 6.20. The molecule has 0 atom stereocenters. The Bertz CT molecular complexity index is 903. The summed E-state index contributed by atoms with van der Waals surface area (Å²) in [6, 6.07) is 14.9. The summed E-state index contributed by atoms with van der Waals surface area (Å²) in [5.74, 6) is 0.440. The summed E-state index contributed by atoms with van der Waals surface area (Å²) in [5.41, 5.74) is 6.17. The van der Waals surface area contributed by atoms with E-state index in [1.54, 1.807) is 0 Å². The molecule has 110 valence electrons. The van der Waals surface area contributed by atoms with E-state index >= 15 is 0 Å². The molecule has 3 heteroatoms. The van der Waals surface area contributed by atoms with Crippen LogP contribution in [0.25, 0.3) is 16.6 Å². The van der Waals surface area contributed by atoms with Gasteiger partial charge in [-0.3, -0.25) is 4.99 Å². The summed E-state index contributed by atoms with van der Waals surface area (Å²) in [4.78, 5) is 4.37. The molecule has 4 rings (SSSR count). The van der Waals surface area contributed by atoms with Gasteiger partial charge in [-0.15, -0.1) is 0 Å². The van der Waals surface area contributed by atoms with Gasteiger partial charge in [0.15, 0.2) is 0 Å². The van der Waals surface area contributed by atoms with Crippen molar-refractivity contribution in [1.82, 2.24) is 4.57 Å². The number of aliphatic imine (C=N–C) groups is 1. The molecule has 2 nitrogen and oxygen atoms in total. The normalized spacial score (nSPS) is 13.3. The number of fused-ring (bicyclic) bond motifs is 2. The van der Waals surface area contributed by atoms with Crippen LogP contribution in [0.1, 0.15) is 36.6 Å². The van der Waals surface area contributed by atoms with Crippen molar-refractivity contribution in [2.75, 3.05) is 0 Å². The van der Waals surface area contributed by atoms with Gasteiger partial charge in [0.1, 0.15) is 0 Å². The minimum absolute atomic E-state index is 0.440. The number of hydrogen-bond acceptors (Lipinski definition) is 1. The van der Waals surface area contributed by atoms with Crippen molar-refractivity contribution < 1.29 is 0 Å². The zero-order valence-corrected chi connectivity index (χ0v) is 13.4. The molecular formula is C19H17ClN2. The van der Waals surface area contributed by atoms with E-state index in [4.69, 9.17) is 11.6 Å². The second-order valence-corrected chi connectivity index (χ2v) is 6.56. The van der Waals surface area contributed by atoms with Crippen LogP contribution < -0.4 is 0 Å². The lowest BCUT2D eigenvalue weighted by Crippen LogP contribution is -2.01. The molecule has 1 aliphatic heterocycles. The molecule has 22 heavy (non-hydrogen) atoms. The van der Waals surface area contributed by atoms with E-state index in [1.807, 2.05) is 24.4 Å². The van der Waals surface area contributed by atoms with E-state index < -0.39 is 0 Å². The van der Waals surface area contributed by atoms with Crippen molar-refractivity contribution in [2.45, 2.75) is 26.3 Å². The van der Waals surface area contributed by atoms with Gasteiger partial charge in [-0.05, 0) is 53.4 Å². The van der Waals surface area contributed by atoms with Crippen molar-refractivity contribution in [1.29, 1.82) is 0 Å². The second kappa shape index (κ2) is 4.99. The summed E-state index contributed by atoms with van der Waals surface area (Å²) in [7, 11) is 0. The molecule has 3 aromatic rings. The number of aromatic nitrogens is 1. The molecule has 0 N–H and O–H groups in total. The van der Waals surface area contributed by atoms with Crippen LogP contribution >= 0.6 is 11.6 Å². The van der Waals surface area contributed by atoms with E-state index in [1.165, 1.54) is 27.7 Å². The van der Waals surface area contributed by atoms with Crippen LogP contribution in [0, 0.1) is 0 Å². The summed E-state index contributed by atoms with van der Waals surface area (Å²) >= 11 is 6.20. The van der Waals surface area contributed by atoms with Crippen molar-refractivity contribution in [3.8, 4) is 5.69 Å². The van der Waals surface area contributed by atoms with E-state index in [2.05, 4.69) is 47.7 Å². The largest absolute Gasteiger partial charge is 0.313 e. The van der Waals surface area contributed by atoms with E-state index in [0.717, 1.165) is 17.3 Å². The highest BCUT2D eigenvalue weighted by Gasteiger charge is 2.16. The van der Waals surface area contributed by atoms with Crippen molar-refractivity contribution in [2.24, 2.45) is 4.99 Å². The van der Waals surface area contributed by atoms with Crippen LogP contribution in [0.3, 0.4) is 0 Å². The third kappa shape index (κ3) is 2.06. The Kier molecular flexibility index (Phi) is 3.08. The molecular weight excluding hydrogens is 292 g/mol. The van der Waals surface area contributed by atoms with Crippen LogP contribution in [0.15, 0.2) is 47.5 Å². The average molecular weight is 309 g/mol. The maximum Gasteiger partial charge on any atom is 0.0646 e. The minimum Gasteiger partial charge on any atom is -0.313 e. The van der Waals surface area contributed by atoms with Crippen molar-refractivity contribution in [3.05, 3.63) is 64.3 Å². The Hall–Kier alpha value is -2.06. The molecule has 0 unspecified atom stereocenters. The number of nitrogens with zero attached hydrogens (tertiary/aromatic N) is 2. The SMILES string of the molecule is CC(C)c1cc2cc3c(cc2n1-c1cccc(Cl)c1)C=NC3. The highest BCUT2D eigenvalue weighted by atomic mass is 35.5. The quantitative estimate of drug-likeness (QED) is 0.608. The monoisotopic (exact) mass is 308 g/mol. The molecule has 1 aliphatic rings. The number of halogens is 1. The van der Waals surface area contributed by atoms with Gasteiger partial charge < -0.3 is 4.57 Å². The number of hydrogen-bond donors (Lipinski definition) is 0. The first-order valence-electron chi connectivity index (χ1n) is 7.57. The Morgan fingerprint density at radius 2 is 2.00 bits per heavy atom. The summed E-state index contributed by atoms with van der Waals surface area (Å²) in [6.07, 6.45) is 1.97. The van der Waals surface area contributed by atoms with Crippen LogP contribution in [-0.2, 0) is 6.54 Å². The fourth-order valence-corrected chi connectivity index (χ4v) is 3.35. The first-order chi connectivity index (χ1) is 10.6. The minimum atomic E-state index is 0.440. The molecule has 0 saturated heterocycles. The molecule has 0 fully saturated rings. The molecule has 0 aliphatic carbocycles. The Morgan fingerprint density at radius 3 is 2.77 bits per heavy atom. The Balaban J connectivity index is 2.05. The zero-order valence-electron chi connectivity index (χ0n) is 12.7. The molecule has 0 amide bonds. The lowest BCUT2D eigenvalue weighted by molar-refractivity contribution is 0.796. The van der Waals surface area contributed by atoms with Gasteiger partial charge in [0.25, 0.3) is 0 Å². The first kappa shape index (κ1) is 13.6. The predicted octanol–water partition coefficient (Wildman–Crippen LogP) is 5.34. The Morgan fingerprint density at radius 1 is 1.14 bits per heavy atom. The summed E-state index contributed by atoms with van der Waals surface area (Å²) in [6.45, 7) is 5.25. The summed E-state index contributed by atoms with van der Waals surface area (Å²) in [5, 5.41) is 2.03. The second-order valence-electron chi connectivity index (χ2n) is 6.12. The fraction of sp³-hybridized carbons (Fsp3) is 0.211. The number of benzene rings is 2. The van der Waals surface area contributed by atoms with Gasteiger partial charge in [-0.1, -0.05) is 31.5 Å². The van der Waals surface area contributed by atoms with Crippen LogP contribution in [0.4, 0.5) is 0 Å². The van der Waals surface area contributed by atoms with Crippen molar-refractivity contribution >= 4 is 28.7 Å². The van der Waals surface area contributed by atoms with Crippen LogP contribution in [0.5, 0.6) is 0 Å².